The Hall–Kier alpha value is -2.92. The highest BCUT2D eigenvalue weighted by Crippen LogP contribution is 2.29. The minimum absolute atomic E-state index is 0.339. The highest BCUT2D eigenvalue weighted by molar-refractivity contribution is 9.10. The monoisotopic (exact) mass is 437 g/mol. The molecule has 0 bridgehead atoms. The molecule has 1 amide bonds. The van der Waals surface area contributed by atoms with Crippen molar-refractivity contribution in [3.05, 3.63) is 106 Å². The van der Waals surface area contributed by atoms with E-state index in [4.69, 9.17) is 4.74 Å². The molecule has 0 unspecified atom stereocenters. The molecule has 0 fully saturated rings. The first-order valence-corrected chi connectivity index (χ1v) is 9.63. The SMILES string of the molecule is COC(=O)[C@@H](NC(=O)c1cccc(Br)c1)C(c1ccccc1)c1ccccc1. The molecule has 5 heteroatoms. The van der Waals surface area contributed by atoms with E-state index in [1.54, 1.807) is 18.2 Å². The summed E-state index contributed by atoms with van der Waals surface area (Å²) >= 11 is 3.37. The van der Waals surface area contributed by atoms with E-state index >= 15 is 0 Å². The molecule has 0 aliphatic heterocycles. The second-order valence-electron chi connectivity index (χ2n) is 6.28. The van der Waals surface area contributed by atoms with Crippen LogP contribution in [0.5, 0.6) is 0 Å². The normalized spacial score (nSPS) is 11.7. The molecular formula is C23H20BrNO3. The van der Waals surface area contributed by atoms with Crippen LogP contribution in [-0.2, 0) is 9.53 Å². The number of halogens is 1. The number of benzene rings is 3. The van der Waals surface area contributed by atoms with Crippen molar-refractivity contribution in [1.82, 2.24) is 5.32 Å². The Bertz CT molecular complexity index is 905. The van der Waals surface area contributed by atoms with Crippen LogP contribution in [0.4, 0.5) is 0 Å². The Morgan fingerprint density at radius 2 is 1.43 bits per heavy atom. The predicted molar refractivity (Wildman–Crippen MR) is 112 cm³/mol. The van der Waals surface area contributed by atoms with E-state index in [0.29, 0.717) is 5.56 Å². The summed E-state index contributed by atoms with van der Waals surface area (Å²) in [5.74, 6) is -1.22. The van der Waals surface area contributed by atoms with Crippen LogP contribution < -0.4 is 5.32 Å². The lowest BCUT2D eigenvalue weighted by molar-refractivity contribution is -0.143. The topological polar surface area (TPSA) is 55.4 Å². The average Bonchev–Trinajstić information content (AvgIpc) is 2.74. The number of esters is 1. The largest absolute Gasteiger partial charge is 0.467 e. The van der Waals surface area contributed by atoms with Crippen LogP contribution >= 0.6 is 15.9 Å². The molecule has 0 aliphatic rings. The van der Waals surface area contributed by atoms with Crippen LogP contribution in [0.3, 0.4) is 0 Å². The summed E-state index contributed by atoms with van der Waals surface area (Å²) in [7, 11) is 1.33. The first-order valence-electron chi connectivity index (χ1n) is 8.84. The summed E-state index contributed by atoms with van der Waals surface area (Å²) in [6, 6.07) is 25.4. The molecule has 3 rings (SSSR count). The van der Waals surface area contributed by atoms with Crippen molar-refractivity contribution in [1.29, 1.82) is 0 Å². The lowest BCUT2D eigenvalue weighted by Crippen LogP contribution is -2.46. The van der Waals surface area contributed by atoms with E-state index in [9.17, 15) is 9.59 Å². The van der Waals surface area contributed by atoms with Crippen molar-refractivity contribution < 1.29 is 14.3 Å². The third kappa shape index (κ3) is 4.67. The standard InChI is InChI=1S/C23H20BrNO3/c1-28-23(27)21(25-22(26)18-13-8-14-19(24)15-18)20(16-9-4-2-5-10-16)17-11-6-3-7-12-17/h2-15,20-21H,1H3,(H,25,26)/t21-/m0/s1. The number of carbonyl (C=O) groups is 2. The molecule has 0 aliphatic carbocycles. The van der Waals surface area contributed by atoms with Gasteiger partial charge in [0.25, 0.3) is 5.91 Å². The minimum Gasteiger partial charge on any atom is -0.467 e. The van der Waals surface area contributed by atoms with E-state index in [0.717, 1.165) is 15.6 Å². The van der Waals surface area contributed by atoms with Crippen molar-refractivity contribution in [3.8, 4) is 0 Å². The van der Waals surface area contributed by atoms with Crippen molar-refractivity contribution in [3.63, 3.8) is 0 Å². The van der Waals surface area contributed by atoms with E-state index in [2.05, 4.69) is 21.2 Å². The molecule has 0 saturated heterocycles. The van der Waals surface area contributed by atoms with E-state index in [-0.39, 0.29) is 11.8 Å². The van der Waals surface area contributed by atoms with Crippen LogP contribution in [0.15, 0.2) is 89.4 Å². The van der Waals surface area contributed by atoms with E-state index < -0.39 is 12.0 Å². The summed E-state index contributed by atoms with van der Waals surface area (Å²) in [5.41, 5.74) is 2.29. The quantitative estimate of drug-likeness (QED) is 0.575. The number of hydrogen-bond acceptors (Lipinski definition) is 3. The smallest absolute Gasteiger partial charge is 0.329 e. The molecule has 142 valence electrons. The van der Waals surface area contributed by atoms with Crippen LogP contribution in [0.25, 0.3) is 0 Å². The Morgan fingerprint density at radius 1 is 0.857 bits per heavy atom. The molecule has 0 spiro atoms. The molecule has 3 aromatic rings. The van der Waals surface area contributed by atoms with Gasteiger partial charge in [0.2, 0.25) is 0 Å². The molecule has 0 heterocycles. The molecular weight excluding hydrogens is 418 g/mol. The fourth-order valence-electron chi connectivity index (χ4n) is 3.16. The molecule has 0 saturated carbocycles. The van der Waals surface area contributed by atoms with Gasteiger partial charge in [0.05, 0.1) is 7.11 Å². The zero-order valence-corrected chi connectivity index (χ0v) is 16.9. The first kappa shape index (κ1) is 19.8. The summed E-state index contributed by atoms with van der Waals surface area (Å²) in [5, 5.41) is 2.87. The number of nitrogens with one attached hydrogen (secondary N) is 1. The highest BCUT2D eigenvalue weighted by atomic mass is 79.9. The van der Waals surface area contributed by atoms with E-state index in [1.807, 2.05) is 66.7 Å². The summed E-state index contributed by atoms with van der Waals surface area (Å²) in [6.07, 6.45) is 0. The van der Waals surface area contributed by atoms with Gasteiger partial charge in [-0.2, -0.15) is 0 Å². The predicted octanol–water partition coefficient (Wildman–Crippen LogP) is 4.55. The summed E-state index contributed by atoms with van der Waals surface area (Å²) < 4.78 is 5.82. The van der Waals surface area contributed by atoms with Crippen LogP contribution in [0.1, 0.15) is 27.4 Å². The lowest BCUT2D eigenvalue weighted by Gasteiger charge is -2.27. The van der Waals surface area contributed by atoms with Crippen molar-refractivity contribution in [2.45, 2.75) is 12.0 Å². The van der Waals surface area contributed by atoms with Crippen molar-refractivity contribution >= 4 is 27.8 Å². The number of carbonyl (C=O) groups excluding carboxylic acids is 2. The second-order valence-corrected chi connectivity index (χ2v) is 7.20. The highest BCUT2D eigenvalue weighted by Gasteiger charge is 2.33. The van der Waals surface area contributed by atoms with Gasteiger partial charge < -0.3 is 10.1 Å². The molecule has 4 nitrogen and oxygen atoms in total. The Labute approximate surface area is 172 Å². The van der Waals surface area contributed by atoms with Gasteiger partial charge in [-0.3, -0.25) is 4.79 Å². The molecule has 0 radical (unpaired) electrons. The Kier molecular flexibility index (Phi) is 6.61. The van der Waals surface area contributed by atoms with Gasteiger partial charge in [-0.05, 0) is 29.3 Å². The molecule has 28 heavy (non-hydrogen) atoms. The van der Waals surface area contributed by atoms with Crippen molar-refractivity contribution in [2.75, 3.05) is 7.11 Å². The maximum atomic E-state index is 12.9. The maximum Gasteiger partial charge on any atom is 0.329 e. The zero-order chi connectivity index (χ0) is 19.9. The van der Waals surface area contributed by atoms with Gasteiger partial charge in [-0.1, -0.05) is 82.7 Å². The van der Waals surface area contributed by atoms with Gasteiger partial charge in [0, 0.05) is 16.0 Å². The minimum atomic E-state index is -0.874. The molecule has 3 aromatic carbocycles. The third-order valence-corrected chi connectivity index (χ3v) is 4.97. The summed E-state index contributed by atoms with van der Waals surface area (Å²) in [4.78, 5) is 25.5. The van der Waals surface area contributed by atoms with Crippen LogP contribution in [-0.4, -0.2) is 25.0 Å². The van der Waals surface area contributed by atoms with E-state index in [1.165, 1.54) is 7.11 Å². The Balaban J connectivity index is 2.01. The van der Waals surface area contributed by atoms with Gasteiger partial charge in [0.15, 0.2) is 0 Å². The fourth-order valence-corrected chi connectivity index (χ4v) is 3.56. The Morgan fingerprint density at radius 3 is 1.93 bits per heavy atom. The molecule has 1 N–H and O–H groups in total. The first-order chi connectivity index (χ1) is 13.6. The summed E-state index contributed by atoms with van der Waals surface area (Å²) in [6.45, 7) is 0. The third-order valence-electron chi connectivity index (χ3n) is 4.48. The van der Waals surface area contributed by atoms with Gasteiger partial charge in [0.1, 0.15) is 6.04 Å². The van der Waals surface area contributed by atoms with Gasteiger partial charge >= 0.3 is 5.97 Å². The van der Waals surface area contributed by atoms with Crippen molar-refractivity contribution in [2.24, 2.45) is 0 Å². The lowest BCUT2D eigenvalue weighted by atomic mass is 9.84. The number of methoxy groups -OCH3 is 1. The number of hydrogen-bond donors (Lipinski definition) is 1. The average molecular weight is 438 g/mol. The van der Waals surface area contributed by atoms with Crippen LogP contribution in [0, 0.1) is 0 Å². The molecule has 0 aromatic heterocycles. The number of ether oxygens (including phenoxy) is 1. The molecule has 1 atom stereocenters. The van der Waals surface area contributed by atoms with Crippen LogP contribution in [0.2, 0.25) is 0 Å². The van der Waals surface area contributed by atoms with Gasteiger partial charge in [-0.15, -0.1) is 0 Å². The zero-order valence-electron chi connectivity index (χ0n) is 15.3. The number of amides is 1. The second kappa shape index (κ2) is 9.33. The maximum absolute atomic E-state index is 12.9. The van der Waals surface area contributed by atoms with Gasteiger partial charge in [-0.25, -0.2) is 4.79 Å². The fraction of sp³-hybridized carbons (Fsp3) is 0.130. The number of rotatable bonds is 6.